The standard InChI is InChI=1S/C16H20N2O4/c1-11(18-22-10-15(20)21)16(6-7-16)9-13-4-2-12(3-5-13)8-14(17)19/h2-5H,6-10H2,1H3,(H2,17,19)(H,20,21)/b18-11+/i/hD. The fourth-order valence-electron chi connectivity index (χ4n) is 2.45. The summed E-state index contributed by atoms with van der Waals surface area (Å²) in [6, 6.07) is 7.71. The van der Waals surface area contributed by atoms with Crippen LogP contribution in [0.2, 0.25) is 1.41 Å². The van der Waals surface area contributed by atoms with Crippen molar-refractivity contribution in [2.24, 2.45) is 16.3 Å². The van der Waals surface area contributed by atoms with Gasteiger partial charge >= 0.3 is 5.97 Å². The number of hydrogen-bond acceptors (Lipinski definition) is 4. The van der Waals surface area contributed by atoms with E-state index in [9.17, 15) is 9.59 Å². The van der Waals surface area contributed by atoms with E-state index in [1.807, 2.05) is 36.9 Å². The number of hydrogen-bond donors (Lipinski definition) is 2. The van der Waals surface area contributed by atoms with Crippen LogP contribution in [-0.2, 0) is 27.3 Å². The molecule has 1 aliphatic carbocycles. The number of oxime groups is 1. The van der Waals surface area contributed by atoms with Crippen LogP contribution in [0, 0.1) is 5.41 Å². The molecule has 3 N–H and O–H groups in total. The molecule has 0 atom stereocenters. The van der Waals surface area contributed by atoms with Crippen LogP contribution >= 0.6 is 0 Å². The molecule has 1 fully saturated rings. The van der Waals surface area contributed by atoms with Gasteiger partial charge in [0.25, 0.3) is 0 Å². The Kier molecular flexibility index (Phi) is 4.37. The Morgan fingerprint density at radius 2 is 2.00 bits per heavy atom. The quantitative estimate of drug-likeness (QED) is 0.561. The number of nitrogens with zero attached hydrogens (tertiary/aromatic N) is 1. The Labute approximate surface area is 130 Å². The second kappa shape index (κ2) is 6.60. The molecule has 0 saturated heterocycles. The van der Waals surface area contributed by atoms with Gasteiger partial charge in [-0.25, -0.2) is 4.79 Å². The minimum atomic E-state index is -1.04. The van der Waals surface area contributed by atoms with Gasteiger partial charge in [-0.15, -0.1) is 0 Å². The molecule has 1 aromatic carbocycles. The maximum atomic E-state index is 11.2. The number of primary amides is 1. The molecule has 1 amide bonds. The highest BCUT2D eigenvalue weighted by Gasteiger charge is 2.45. The largest absolute Gasteiger partial charge is 0.479 e. The molecule has 118 valence electrons. The van der Waals surface area contributed by atoms with Crippen LogP contribution in [-0.4, -0.2) is 29.3 Å². The average Bonchev–Trinajstić information content (AvgIpc) is 3.29. The second-order valence-electron chi connectivity index (χ2n) is 5.72. The summed E-state index contributed by atoms with van der Waals surface area (Å²) >= 11 is 0. The average molecular weight is 305 g/mol. The smallest absolute Gasteiger partial charge is 0.344 e. The highest BCUT2D eigenvalue weighted by molar-refractivity contribution is 5.90. The molecular formula is C16H20N2O4. The van der Waals surface area contributed by atoms with Crippen LogP contribution < -0.4 is 5.73 Å². The van der Waals surface area contributed by atoms with E-state index in [1.165, 1.54) is 0 Å². The van der Waals surface area contributed by atoms with Crippen molar-refractivity contribution in [2.75, 3.05) is 6.61 Å². The molecule has 1 aromatic rings. The van der Waals surface area contributed by atoms with Gasteiger partial charge in [0, 0.05) is 5.41 Å². The molecule has 1 saturated carbocycles. The summed E-state index contributed by atoms with van der Waals surface area (Å²) in [6.07, 6.45) is 3.01. The molecule has 0 aromatic heterocycles. The molecule has 6 nitrogen and oxygen atoms in total. The van der Waals surface area contributed by atoms with E-state index in [2.05, 4.69) is 5.16 Å². The summed E-state index contributed by atoms with van der Waals surface area (Å²) in [7, 11) is 0. The first-order valence-corrected chi connectivity index (χ1v) is 7.12. The minimum absolute atomic E-state index is 0.0431. The predicted molar refractivity (Wildman–Crippen MR) is 81.4 cm³/mol. The fraction of sp³-hybridized carbons (Fsp3) is 0.438. The predicted octanol–water partition coefficient (Wildman–Crippen LogP) is 1.51. The van der Waals surface area contributed by atoms with Gasteiger partial charge in [-0.1, -0.05) is 29.4 Å². The maximum absolute atomic E-state index is 11.2. The molecule has 0 heterocycles. The number of carbonyl (C=O) groups is 2. The number of carboxylic acids is 1. The van der Waals surface area contributed by atoms with Gasteiger partial charge in [-0.05, 0) is 37.3 Å². The van der Waals surface area contributed by atoms with E-state index in [-0.39, 0.29) is 17.7 Å². The molecule has 2 rings (SSSR count). The number of nitrogens with two attached hydrogens (primary N) is 1. The van der Waals surface area contributed by atoms with Crippen LogP contribution in [0.5, 0.6) is 0 Å². The molecular weight excluding hydrogens is 284 g/mol. The monoisotopic (exact) mass is 305 g/mol. The van der Waals surface area contributed by atoms with Crippen molar-refractivity contribution in [3.05, 3.63) is 35.4 Å². The highest BCUT2D eigenvalue weighted by atomic mass is 16.6. The number of benzene rings is 1. The third kappa shape index (κ3) is 4.31. The molecule has 0 aliphatic heterocycles. The molecule has 0 unspecified atom stereocenters. The first kappa shape index (κ1) is 14.6. The van der Waals surface area contributed by atoms with Crippen molar-refractivity contribution in [3.63, 3.8) is 0 Å². The Bertz CT molecular complexity index is 609. The van der Waals surface area contributed by atoms with Gasteiger partial charge < -0.3 is 15.7 Å². The van der Waals surface area contributed by atoms with Crippen molar-refractivity contribution >= 4 is 17.6 Å². The van der Waals surface area contributed by atoms with Gasteiger partial charge in [0.15, 0.2) is 1.41 Å². The van der Waals surface area contributed by atoms with Gasteiger partial charge in [-0.2, -0.15) is 0 Å². The van der Waals surface area contributed by atoms with Gasteiger partial charge in [0.2, 0.25) is 12.5 Å². The Morgan fingerprint density at radius 1 is 1.36 bits per heavy atom. The highest BCUT2D eigenvalue weighted by Crippen LogP contribution is 2.49. The Morgan fingerprint density at radius 3 is 2.55 bits per heavy atom. The summed E-state index contributed by atoms with van der Waals surface area (Å²) in [5, 5.41) is 12.5. The maximum Gasteiger partial charge on any atom is 0.344 e. The first-order chi connectivity index (χ1) is 10.9. The number of carboxylic acid groups (broad SMARTS) is 1. The Hall–Kier alpha value is -2.37. The van der Waals surface area contributed by atoms with E-state index < -0.39 is 12.6 Å². The zero-order chi connectivity index (χ0) is 16.9. The van der Waals surface area contributed by atoms with Crippen LogP contribution in [0.15, 0.2) is 29.4 Å². The first-order valence-electron chi connectivity index (χ1n) is 7.62. The molecule has 6 heteroatoms. The van der Waals surface area contributed by atoms with Gasteiger partial charge in [0.1, 0.15) is 0 Å². The summed E-state index contributed by atoms with van der Waals surface area (Å²) in [5.41, 5.74) is 4.62. The van der Waals surface area contributed by atoms with Crippen LogP contribution in [0.4, 0.5) is 0 Å². The van der Waals surface area contributed by atoms with Gasteiger partial charge in [-0.3, -0.25) is 4.79 Å². The minimum Gasteiger partial charge on any atom is -0.479 e. The summed E-state index contributed by atoms with van der Waals surface area (Å²) in [6.45, 7) is 1.43. The van der Waals surface area contributed by atoms with Gasteiger partial charge in [0.05, 0.1) is 12.1 Å². The van der Waals surface area contributed by atoms with Crippen molar-refractivity contribution < 1.29 is 20.9 Å². The third-order valence-corrected chi connectivity index (χ3v) is 3.94. The lowest BCUT2D eigenvalue weighted by molar-refractivity contribution is -0.142. The van der Waals surface area contributed by atoms with Crippen molar-refractivity contribution in [1.82, 2.24) is 0 Å². The summed E-state index contributed by atoms with van der Waals surface area (Å²) in [5.74, 6) is -1.38. The molecule has 22 heavy (non-hydrogen) atoms. The molecule has 1 aliphatic rings. The van der Waals surface area contributed by atoms with E-state index in [4.69, 9.17) is 11.4 Å². The van der Waals surface area contributed by atoms with E-state index >= 15 is 0 Å². The number of amides is 1. The summed E-state index contributed by atoms with van der Waals surface area (Å²) < 4.78 is 6.79. The van der Waals surface area contributed by atoms with E-state index in [0.29, 0.717) is 0 Å². The second-order valence-corrected chi connectivity index (χ2v) is 5.72. The lowest BCUT2D eigenvalue weighted by Crippen LogP contribution is -2.17. The van der Waals surface area contributed by atoms with Crippen LogP contribution in [0.3, 0.4) is 0 Å². The molecule has 0 radical (unpaired) electrons. The van der Waals surface area contributed by atoms with Crippen molar-refractivity contribution in [2.45, 2.75) is 32.6 Å². The van der Waals surface area contributed by atoms with Crippen LogP contribution in [0.25, 0.3) is 0 Å². The zero-order valence-electron chi connectivity index (χ0n) is 13.5. The Balaban J connectivity index is 1.95. The summed E-state index contributed by atoms with van der Waals surface area (Å²) in [4.78, 5) is 26.4. The number of carbonyl (C=O) groups excluding carboxylic acids is 1. The normalized spacial score (nSPS) is 16.6. The fourth-order valence-corrected chi connectivity index (χ4v) is 2.45. The van der Waals surface area contributed by atoms with E-state index in [0.717, 1.165) is 36.1 Å². The molecule has 0 bridgehead atoms. The van der Waals surface area contributed by atoms with Crippen molar-refractivity contribution in [1.29, 1.82) is 0 Å². The SMILES string of the molecule is [2H]NC(=O)Cc1ccc(CC2(/C(C)=N/OCC(=O)O)CC2)cc1. The lowest BCUT2D eigenvalue weighted by atomic mass is 9.92. The number of rotatable bonds is 8. The lowest BCUT2D eigenvalue weighted by Gasteiger charge is -2.15. The van der Waals surface area contributed by atoms with Crippen LogP contribution in [0.1, 0.15) is 30.9 Å². The number of aliphatic carboxylic acids is 1. The topological polar surface area (TPSA) is 102 Å². The molecule has 0 spiro atoms. The van der Waals surface area contributed by atoms with E-state index in [1.54, 1.807) is 0 Å². The zero-order valence-corrected chi connectivity index (χ0v) is 12.5. The van der Waals surface area contributed by atoms with Crippen molar-refractivity contribution in [3.8, 4) is 0 Å². The third-order valence-electron chi connectivity index (χ3n) is 3.94.